The summed E-state index contributed by atoms with van der Waals surface area (Å²) in [6.07, 6.45) is 2.01. The molecule has 0 spiro atoms. The van der Waals surface area contributed by atoms with E-state index in [1.165, 1.54) is 15.9 Å². The van der Waals surface area contributed by atoms with E-state index in [2.05, 4.69) is 26.9 Å². The minimum Gasteiger partial charge on any atom is -0.494 e. The number of carbonyl (C=O) groups is 2. The number of urea groups is 1. The highest BCUT2D eigenvalue weighted by atomic mass is 16.5. The van der Waals surface area contributed by atoms with Gasteiger partial charge in [-0.1, -0.05) is 18.2 Å². The molecule has 0 aliphatic carbocycles. The summed E-state index contributed by atoms with van der Waals surface area (Å²) >= 11 is 0. The number of imide groups is 1. The van der Waals surface area contributed by atoms with E-state index in [4.69, 9.17) is 4.74 Å². The van der Waals surface area contributed by atoms with Gasteiger partial charge in [0.25, 0.3) is 5.91 Å². The van der Waals surface area contributed by atoms with Crippen molar-refractivity contribution < 1.29 is 14.3 Å². The zero-order valence-corrected chi connectivity index (χ0v) is 17.7. The molecule has 31 heavy (non-hydrogen) atoms. The largest absolute Gasteiger partial charge is 0.494 e. The standard InChI is InChI=1S/C22H24N6O3/c1-15-10-16(2)12-19(11-15)31-9-5-8-27-20(29)22(3,24-21(27)30)17-6-4-7-18(13-17)28-14-23-25-26-28/h4,6-7,10-14H,5,8-9H2,1-3H3,(H,24,30)/t22-/m0/s1. The summed E-state index contributed by atoms with van der Waals surface area (Å²) in [6, 6.07) is 12.8. The third-order valence-electron chi connectivity index (χ3n) is 5.30. The molecule has 0 saturated carbocycles. The Hall–Kier alpha value is -3.75. The summed E-state index contributed by atoms with van der Waals surface area (Å²) < 4.78 is 7.30. The van der Waals surface area contributed by atoms with Crippen LogP contribution in [-0.2, 0) is 10.3 Å². The molecule has 1 atom stereocenters. The van der Waals surface area contributed by atoms with Crippen LogP contribution in [0.5, 0.6) is 5.75 Å². The molecule has 2 heterocycles. The Morgan fingerprint density at radius 3 is 2.58 bits per heavy atom. The van der Waals surface area contributed by atoms with Crippen molar-refractivity contribution in [3.8, 4) is 11.4 Å². The van der Waals surface area contributed by atoms with E-state index in [9.17, 15) is 9.59 Å². The van der Waals surface area contributed by atoms with Crippen molar-refractivity contribution in [3.05, 3.63) is 65.5 Å². The quantitative estimate of drug-likeness (QED) is 0.465. The highest BCUT2D eigenvalue weighted by Crippen LogP contribution is 2.30. The topological polar surface area (TPSA) is 102 Å². The predicted molar refractivity (Wildman–Crippen MR) is 113 cm³/mol. The maximum absolute atomic E-state index is 13.1. The van der Waals surface area contributed by atoms with Crippen LogP contribution in [0.2, 0.25) is 0 Å². The zero-order valence-electron chi connectivity index (χ0n) is 17.7. The van der Waals surface area contributed by atoms with E-state index in [1.54, 1.807) is 25.1 Å². The normalized spacial score (nSPS) is 18.4. The number of benzene rings is 2. The molecule has 1 aliphatic heterocycles. The van der Waals surface area contributed by atoms with Gasteiger partial charge in [0.05, 0.1) is 12.3 Å². The minimum absolute atomic E-state index is 0.276. The number of hydrogen-bond donors (Lipinski definition) is 1. The summed E-state index contributed by atoms with van der Waals surface area (Å²) in [7, 11) is 0. The molecule has 9 heteroatoms. The molecule has 0 radical (unpaired) electrons. The Morgan fingerprint density at radius 2 is 1.87 bits per heavy atom. The van der Waals surface area contributed by atoms with Crippen molar-refractivity contribution in [2.45, 2.75) is 32.7 Å². The third-order valence-corrected chi connectivity index (χ3v) is 5.30. The molecule has 1 fully saturated rings. The molecule has 160 valence electrons. The number of nitrogens with zero attached hydrogens (tertiary/aromatic N) is 5. The SMILES string of the molecule is Cc1cc(C)cc(OCCCN2C(=O)N[C@@](C)(c3cccc(-n4cnnn4)c3)C2=O)c1. The monoisotopic (exact) mass is 420 g/mol. The van der Waals surface area contributed by atoms with Crippen LogP contribution in [0, 0.1) is 13.8 Å². The van der Waals surface area contributed by atoms with Crippen LogP contribution in [0.25, 0.3) is 5.69 Å². The molecule has 1 aliphatic rings. The van der Waals surface area contributed by atoms with Crippen LogP contribution in [0.4, 0.5) is 4.79 Å². The number of nitrogens with one attached hydrogen (secondary N) is 1. The van der Waals surface area contributed by atoms with Gasteiger partial charge in [-0.2, -0.15) is 0 Å². The van der Waals surface area contributed by atoms with Gasteiger partial charge in [-0.3, -0.25) is 9.69 Å². The molecule has 9 nitrogen and oxygen atoms in total. The maximum Gasteiger partial charge on any atom is 0.325 e. The van der Waals surface area contributed by atoms with Gasteiger partial charge in [-0.15, -0.1) is 5.10 Å². The lowest BCUT2D eigenvalue weighted by molar-refractivity contribution is -0.131. The Balaban J connectivity index is 1.42. The summed E-state index contributed by atoms with van der Waals surface area (Å²) in [5.74, 6) is 0.497. The Bertz CT molecular complexity index is 1090. The van der Waals surface area contributed by atoms with Gasteiger partial charge in [0.15, 0.2) is 0 Å². The third kappa shape index (κ3) is 4.11. The number of tetrazole rings is 1. The summed E-state index contributed by atoms with van der Waals surface area (Å²) in [4.78, 5) is 26.9. The van der Waals surface area contributed by atoms with Crippen LogP contribution in [0.1, 0.15) is 30.0 Å². The maximum atomic E-state index is 13.1. The van der Waals surface area contributed by atoms with Gasteiger partial charge < -0.3 is 10.1 Å². The molecule has 2 aromatic carbocycles. The van der Waals surface area contributed by atoms with E-state index < -0.39 is 11.6 Å². The van der Waals surface area contributed by atoms with Crippen molar-refractivity contribution in [1.82, 2.24) is 30.4 Å². The number of ether oxygens (including phenoxy) is 1. The smallest absolute Gasteiger partial charge is 0.325 e. The second-order valence-electron chi connectivity index (χ2n) is 7.84. The summed E-state index contributed by atoms with van der Waals surface area (Å²) in [6.45, 7) is 6.42. The van der Waals surface area contributed by atoms with E-state index in [0.29, 0.717) is 24.3 Å². The molecule has 1 N–H and O–H groups in total. The van der Waals surface area contributed by atoms with Crippen LogP contribution in [0.15, 0.2) is 48.8 Å². The molecular formula is C22H24N6O3. The fourth-order valence-corrected chi connectivity index (χ4v) is 3.76. The van der Waals surface area contributed by atoms with Crippen LogP contribution in [0.3, 0.4) is 0 Å². The predicted octanol–water partition coefficient (Wildman–Crippen LogP) is 2.52. The fourth-order valence-electron chi connectivity index (χ4n) is 3.76. The number of carbonyl (C=O) groups excluding carboxylic acids is 2. The van der Waals surface area contributed by atoms with Gasteiger partial charge in [0.2, 0.25) is 0 Å². The summed E-state index contributed by atoms with van der Waals surface area (Å²) in [5.41, 5.74) is 2.46. The first kappa shape index (κ1) is 20.5. The van der Waals surface area contributed by atoms with E-state index >= 15 is 0 Å². The average Bonchev–Trinajstić information content (AvgIpc) is 3.34. The average molecular weight is 420 g/mol. The number of rotatable bonds is 7. The van der Waals surface area contributed by atoms with Crippen molar-refractivity contribution in [2.75, 3.05) is 13.2 Å². The van der Waals surface area contributed by atoms with Crippen molar-refractivity contribution in [3.63, 3.8) is 0 Å². The van der Waals surface area contributed by atoms with Crippen LogP contribution < -0.4 is 10.1 Å². The Morgan fingerprint density at radius 1 is 1.10 bits per heavy atom. The second kappa shape index (κ2) is 8.17. The zero-order chi connectivity index (χ0) is 22.0. The van der Waals surface area contributed by atoms with Crippen molar-refractivity contribution in [1.29, 1.82) is 0 Å². The van der Waals surface area contributed by atoms with Crippen LogP contribution >= 0.6 is 0 Å². The first-order chi connectivity index (χ1) is 14.9. The Kier molecular flexibility index (Phi) is 5.41. The summed E-state index contributed by atoms with van der Waals surface area (Å²) in [5, 5.41) is 14.0. The number of aromatic nitrogens is 4. The van der Waals surface area contributed by atoms with Gasteiger partial charge >= 0.3 is 6.03 Å². The molecule has 4 rings (SSSR count). The molecule has 0 unspecified atom stereocenters. The first-order valence-electron chi connectivity index (χ1n) is 10.1. The molecule has 1 aromatic heterocycles. The van der Waals surface area contributed by atoms with Crippen molar-refractivity contribution >= 4 is 11.9 Å². The molecule has 3 amide bonds. The van der Waals surface area contributed by atoms with E-state index in [1.807, 2.05) is 32.0 Å². The molecule has 1 saturated heterocycles. The molecule has 0 bridgehead atoms. The van der Waals surface area contributed by atoms with Gasteiger partial charge in [0.1, 0.15) is 17.6 Å². The highest BCUT2D eigenvalue weighted by Gasteiger charge is 2.48. The number of amides is 3. The minimum atomic E-state index is -1.16. The first-order valence-corrected chi connectivity index (χ1v) is 10.1. The lowest BCUT2D eigenvalue weighted by atomic mass is 9.91. The van der Waals surface area contributed by atoms with Gasteiger partial charge in [-0.25, -0.2) is 9.48 Å². The highest BCUT2D eigenvalue weighted by molar-refractivity contribution is 6.07. The van der Waals surface area contributed by atoms with Gasteiger partial charge in [0, 0.05) is 6.54 Å². The number of hydrogen-bond acceptors (Lipinski definition) is 6. The van der Waals surface area contributed by atoms with E-state index in [0.717, 1.165) is 16.9 Å². The van der Waals surface area contributed by atoms with Crippen LogP contribution in [-0.4, -0.2) is 50.2 Å². The molecular weight excluding hydrogens is 396 g/mol. The lowest BCUT2D eigenvalue weighted by Gasteiger charge is -2.22. The Labute approximate surface area is 180 Å². The lowest BCUT2D eigenvalue weighted by Crippen LogP contribution is -2.41. The fraction of sp³-hybridized carbons (Fsp3) is 0.318. The number of aryl methyl sites for hydroxylation is 2. The van der Waals surface area contributed by atoms with E-state index in [-0.39, 0.29) is 12.5 Å². The second-order valence-corrected chi connectivity index (χ2v) is 7.84. The van der Waals surface area contributed by atoms with Crippen molar-refractivity contribution in [2.24, 2.45) is 0 Å². The van der Waals surface area contributed by atoms with Gasteiger partial charge in [-0.05, 0) is 78.6 Å². The molecule has 3 aromatic rings.